The number of piperazine rings is 1. The first kappa shape index (κ1) is 20.0. The van der Waals surface area contributed by atoms with Gasteiger partial charge in [0, 0.05) is 31.9 Å². The van der Waals surface area contributed by atoms with Crippen molar-refractivity contribution in [3.63, 3.8) is 0 Å². The fourth-order valence-corrected chi connectivity index (χ4v) is 5.10. The molecule has 2 aliphatic heterocycles. The van der Waals surface area contributed by atoms with Gasteiger partial charge in [0.2, 0.25) is 5.91 Å². The van der Waals surface area contributed by atoms with Crippen molar-refractivity contribution in [2.24, 2.45) is 0 Å². The predicted molar refractivity (Wildman–Crippen MR) is 119 cm³/mol. The lowest BCUT2D eigenvalue weighted by atomic mass is 9.94. The van der Waals surface area contributed by atoms with Gasteiger partial charge in [0.25, 0.3) is 5.91 Å². The van der Waals surface area contributed by atoms with Gasteiger partial charge in [-0.25, -0.2) is 4.98 Å². The summed E-state index contributed by atoms with van der Waals surface area (Å²) in [6.45, 7) is 3.09. The SMILES string of the molecule is CN1CCN(C(=O)C2CCc3ccccc3N2C(=O)c2cnc(-c3ccco3)s2)CC1. The van der Waals surface area contributed by atoms with E-state index < -0.39 is 6.04 Å². The summed E-state index contributed by atoms with van der Waals surface area (Å²) in [6.07, 6.45) is 4.57. The number of aromatic nitrogens is 1. The average Bonchev–Trinajstić information content (AvgIpc) is 3.50. The van der Waals surface area contributed by atoms with Crippen LogP contribution in [0.1, 0.15) is 21.7 Å². The van der Waals surface area contributed by atoms with E-state index in [1.807, 2.05) is 35.2 Å². The van der Waals surface area contributed by atoms with Gasteiger partial charge in [-0.2, -0.15) is 0 Å². The molecule has 2 aromatic heterocycles. The van der Waals surface area contributed by atoms with E-state index in [1.165, 1.54) is 11.3 Å². The van der Waals surface area contributed by atoms with Crippen LogP contribution in [-0.2, 0) is 11.2 Å². The maximum absolute atomic E-state index is 13.7. The molecule has 3 aromatic rings. The van der Waals surface area contributed by atoms with E-state index >= 15 is 0 Å². The zero-order chi connectivity index (χ0) is 21.4. The van der Waals surface area contributed by atoms with Crippen LogP contribution in [0.2, 0.25) is 0 Å². The molecule has 0 aliphatic carbocycles. The van der Waals surface area contributed by atoms with Crippen LogP contribution < -0.4 is 4.90 Å². The lowest BCUT2D eigenvalue weighted by molar-refractivity contribution is -0.134. The van der Waals surface area contributed by atoms with E-state index in [1.54, 1.807) is 23.4 Å². The van der Waals surface area contributed by atoms with Gasteiger partial charge in [-0.15, -0.1) is 11.3 Å². The summed E-state index contributed by atoms with van der Waals surface area (Å²) in [5, 5.41) is 0.653. The number of benzene rings is 1. The fourth-order valence-electron chi connectivity index (χ4n) is 4.27. The number of aryl methyl sites for hydroxylation is 1. The summed E-state index contributed by atoms with van der Waals surface area (Å²) in [7, 11) is 2.06. The average molecular weight is 437 g/mol. The Morgan fingerprint density at radius 1 is 1.10 bits per heavy atom. The molecule has 2 amide bonds. The van der Waals surface area contributed by atoms with Gasteiger partial charge < -0.3 is 14.2 Å². The van der Waals surface area contributed by atoms with Gasteiger partial charge in [0.15, 0.2) is 10.8 Å². The van der Waals surface area contributed by atoms with E-state index in [0.29, 0.717) is 35.2 Å². The van der Waals surface area contributed by atoms with Crippen LogP contribution in [0.15, 0.2) is 53.3 Å². The molecule has 31 heavy (non-hydrogen) atoms. The number of rotatable bonds is 3. The second kappa shape index (κ2) is 8.28. The maximum Gasteiger partial charge on any atom is 0.270 e. The van der Waals surface area contributed by atoms with Crippen molar-refractivity contribution in [3.8, 4) is 10.8 Å². The van der Waals surface area contributed by atoms with Crippen molar-refractivity contribution in [1.29, 1.82) is 0 Å². The zero-order valence-electron chi connectivity index (χ0n) is 17.4. The number of anilines is 1. The molecule has 0 spiro atoms. The highest BCUT2D eigenvalue weighted by Crippen LogP contribution is 2.35. The Morgan fingerprint density at radius 3 is 2.68 bits per heavy atom. The van der Waals surface area contributed by atoms with Crippen molar-refractivity contribution < 1.29 is 14.0 Å². The molecule has 2 aliphatic rings. The molecule has 1 aromatic carbocycles. The molecular formula is C23H24N4O3S. The molecule has 0 radical (unpaired) electrons. The Morgan fingerprint density at radius 2 is 1.90 bits per heavy atom. The number of para-hydroxylation sites is 1. The first-order chi connectivity index (χ1) is 15.1. The van der Waals surface area contributed by atoms with Crippen LogP contribution in [0.4, 0.5) is 5.69 Å². The van der Waals surface area contributed by atoms with E-state index in [2.05, 4.69) is 16.9 Å². The number of carbonyl (C=O) groups is 2. The summed E-state index contributed by atoms with van der Waals surface area (Å²) in [6, 6.07) is 11.0. The summed E-state index contributed by atoms with van der Waals surface area (Å²) in [5.41, 5.74) is 1.91. The van der Waals surface area contributed by atoms with Gasteiger partial charge >= 0.3 is 0 Å². The Bertz CT molecular complexity index is 1090. The van der Waals surface area contributed by atoms with E-state index in [-0.39, 0.29) is 11.8 Å². The Balaban J connectivity index is 1.47. The van der Waals surface area contributed by atoms with Crippen LogP contribution in [0, 0.1) is 0 Å². The third kappa shape index (κ3) is 3.77. The predicted octanol–water partition coefficient (Wildman–Crippen LogP) is 3.14. The van der Waals surface area contributed by atoms with Gasteiger partial charge in [0.1, 0.15) is 10.9 Å². The number of hydrogen-bond donors (Lipinski definition) is 0. The lowest BCUT2D eigenvalue weighted by Crippen LogP contribution is -2.56. The molecule has 0 saturated carbocycles. The highest BCUT2D eigenvalue weighted by Gasteiger charge is 2.39. The Hall–Kier alpha value is -2.97. The minimum absolute atomic E-state index is 0.0340. The zero-order valence-corrected chi connectivity index (χ0v) is 18.2. The number of furan rings is 1. The summed E-state index contributed by atoms with van der Waals surface area (Å²) >= 11 is 1.29. The number of nitrogens with zero attached hydrogens (tertiary/aromatic N) is 4. The largest absolute Gasteiger partial charge is 0.462 e. The number of thiazole rings is 1. The van der Waals surface area contributed by atoms with Crippen molar-refractivity contribution in [1.82, 2.24) is 14.8 Å². The third-order valence-electron chi connectivity index (χ3n) is 6.02. The summed E-state index contributed by atoms with van der Waals surface area (Å²) in [4.78, 5) is 37.9. The summed E-state index contributed by atoms with van der Waals surface area (Å²) < 4.78 is 5.42. The van der Waals surface area contributed by atoms with Gasteiger partial charge in [0.05, 0.1) is 12.5 Å². The molecule has 1 atom stereocenters. The minimum Gasteiger partial charge on any atom is -0.462 e. The van der Waals surface area contributed by atoms with Crippen molar-refractivity contribution in [2.75, 3.05) is 38.1 Å². The normalized spacial score (nSPS) is 19.3. The number of fused-ring (bicyclic) bond motifs is 1. The van der Waals surface area contributed by atoms with E-state index in [9.17, 15) is 9.59 Å². The Kier molecular flexibility index (Phi) is 5.33. The molecule has 1 fully saturated rings. The third-order valence-corrected chi connectivity index (χ3v) is 7.02. The van der Waals surface area contributed by atoms with E-state index in [0.717, 1.165) is 30.8 Å². The number of carbonyl (C=O) groups excluding carboxylic acids is 2. The van der Waals surface area contributed by atoms with Gasteiger partial charge in [-0.3, -0.25) is 14.5 Å². The molecule has 8 heteroatoms. The van der Waals surface area contributed by atoms with Gasteiger partial charge in [-0.1, -0.05) is 18.2 Å². The molecule has 1 unspecified atom stereocenters. The number of hydrogen-bond acceptors (Lipinski definition) is 6. The molecule has 7 nitrogen and oxygen atoms in total. The quantitative estimate of drug-likeness (QED) is 0.631. The Labute approximate surface area is 184 Å². The molecule has 5 rings (SSSR count). The van der Waals surface area contributed by atoms with Gasteiger partial charge in [-0.05, 0) is 43.7 Å². The van der Waals surface area contributed by atoms with Crippen molar-refractivity contribution in [3.05, 3.63) is 59.3 Å². The minimum atomic E-state index is -0.500. The van der Waals surface area contributed by atoms with Crippen LogP contribution in [0.25, 0.3) is 10.8 Å². The monoisotopic (exact) mass is 436 g/mol. The maximum atomic E-state index is 13.7. The molecule has 1 saturated heterocycles. The standard InChI is InChI=1S/C23H24N4O3S/c1-25-10-12-26(13-11-25)22(28)18-9-8-16-5-2-3-6-17(16)27(18)23(29)20-15-24-21(31-20)19-7-4-14-30-19/h2-7,14-15,18H,8-13H2,1H3. The molecule has 0 bridgehead atoms. The number of likely N-dealkylation sites (N-methyl/N-ethyl adjacent to an activating group) is 1. The highest BCUT2D eigenvalue weighted by molar-refractivity contribution is 7.17. The van der Waals surface area contributed by atoms with E-state index in [4.69, 9.17) is 4.42 Å². The molecular weight excluding hydrogens is 412 g/mol. The van der Waals surface area contributed by atoms with Crippen molar-refractivity contribution in [2.45, 2.75) is 18.9 Å². The first-order valence-electron chi connectivity index (χ1n) is 10.5. The fraction of sp³-hybridized carbons (Fsp3) is 0.348. The first-order valence-corrected chi connectivity index (χ1v) is 11.3. The molecule has 0 N–H and O–H groups in total. The van der Waals surface area contributed by atoms with Crippen LogP contribution in [0.5, 0.6) is 0 Å². The molecule has 160 valence electrons. The smallest absolute Gasteiger partial charge is 0.270 e. The second-order valence-electron chi connectivity index (χ2n) is 7.99. The van der Waals surface area contributed by atoms with Crippen LogP contribution in [-0.4, -0.2) is 65.9 Å². The van der Waals surface area contributed by atoms with Crippen molar-refractivity contribution >= 4 is 28.8 Å². The summed E-state index contributed by atoms with van der Waals surface area (Å²) in [5.74, 6) is 0.481. The van der Waals surface area contributed by atoms with Crippen LogP contribution in [0.3, 0.4) is 0 Å². The topological polar surface area (TPSA) is 69.9 Å². The van der Waals surface area contributed by atoms with Crippen LogP contribution >= 0.6 is 11.3 Å². The highest BCUT2D eigenvalue weighted by atomic mass is 32.1. The molecule has 4 heterocycles. The number of amides is 2. The second-order valence-corrected chi connectivity index (χ2v) is 9.02. The lowest BCUT2D eigenvalue weighted by Gasteiger charge is -2.40.